The highest BCUT2D eigenvalue weighted by Gasteiger charge is 2.82. The first-order valence-electron chi connectivity index (χ1n) is 14.6. The van der Waals surface area contributed by atoms with Gasteiger partial charge in [-0.1, -0.05) is 20.8 Å². The fourth-order valence-electron chi connectivity index (χ4n) is 9.31. The van der Waals surface area contributed by atoms with Crippen molar-refractivity contribution >= 4 is 31.9 Å². The molecule has 1 saturated heterocycles. The molecule has 2 spiro atoms. The third-order valence-corrected chi connectivity index (χ3v) is 13.8. The van der Waals surface area contributed by atoms with E-state index < -0.39 is 28.5 Å². The van der Waals surface area contributed by atoms with Gasteiger partial charge in [0, 0.05) is 49.2 Å². The zero-order valence-electron chi connectivity index (χ0n) is 23.9. The van der Waals surface area contributed by atoms with Gasteiger partial charge in [-0.05, 0) is 107 Å². The zero-order chi connectivity index (χ0) is 27.4. The Labute approximate surface area is 234 Å². The predicted octanol–water partition coefficient (Wildman–Crippen LogP) is 5.94. The lowest BCUT2D eigenvalue weighted by atomic mass is 9.33. The van der Waals surface area contributed by atoms with Gasteiger partial charge in [0.2, 0.25) is 0 Å². The second-order valence-corrected chi connectivity index (χ2v) is 15.3. The first kappa shape index (κ1) is 22.5. The fourth-order valence-corrected chi connectivity index (χ4v) is 10.3. The van der Waals surface area contributed by atoms with E-state index in [1.165, 1.54) is 0 Å². The highest BCUT2D eigenvalue weighted by Crippen LogP contribution is 2.78. The van der Waals surface area contributed by atoms with Gasteiger partial charge in [-0.2, -0.15) is 0 Å². The average molecular weight is 627 g/mol. The fraction of sp³-hybridized carbons (Fsp3) is 0.793. The van der Waals surface area contributed by atoms with Gasteiger partial charge < -0.3 is 19.7 Å². The van der Waals surface area contributed by atoms with Crippen molar-refractivity contribution in [3.8, 4) is 11.5 Å². The Hall–Kier alpha value is -0.340. The van der Waals surface area contributed by atoms with Crippen molar-refractivity contribution < 1.29 is 22.4 Å². The molecule has 1 aromatic rings. The van der Waals surface area contributed by atoms with Crippen molar-refractivity contribution in [2.24, 2.45) is 22.7 Å². The molecular formula is C29H39Br2NO4. The molecule has 7 atom stereocenters. The number of halogens is 2. The van der Waals surface area contributed by atoms with Crippen LogP contribution < -0.4 is 4.74 Å². The van der Waals surface area contributed by atoms with Gasteiger partial charge in [0.1, 0.15) is 11.7 Å². The summed E-state index contributed by atoms with van der Waals surface area (Å²) < 4.78 is 33.5. The summed E-state index contributed by atoms with van der Waals surface area (Å²) in [7, 11) is 1.76. The molecule has 2 N–H and O–H groups in total. The number of methoxy groups -OCH3 is 1. The molecule has 5 nitrogen and oxygen atoms in total. The largest absolute Gasteiger partial charge is 0.503 e. The molecule has 4 bridgehead atoms. The Morgan fingerprint density at radius 3 is 2.53 bits per heavy atom. The van der Waals surface area contributed by atoms with Crippen molar-refractivity contribution in [3.05, 3.63) is 20.1 Å². The molecular weight excluding hydrogens is 586 g/mol. The van der Waals surface area contributed by atoms with Crippen molar-refractivity contribution in [2.75, 3.05) is 20.2 Å². The van der Waals surface area contributed by atoms with Crippen LogP contribution in [-0.4, -0.2) is 58.6 Å². The number of aliphatic hydroxyl groups is 1. The number of likely N-dealkylation sites (tertiary alicyclic amines) is 1. The van der Waals surface area contributed by atoms with Gasteiger partial charge in [0.25, 0.3) is 0 Å². The summed E-state index contributed by atoms with van der Waals surface area (Å²) in [5.41, 5.74) is -0.646. The number of hydrogen-bond acceptors (Lipinski definition) is 5. The van der Waals surface area contributed by atoms with Gasteiger partial charge in [-0.15, -0.1) is 0 Å². The molecule has 8 rings (SSSR count). The number of aromatic hydroxyl groups is 1. The summed E-state index contributed by atoms with van der Waals surface area (Å²) >= 11 is 7.42. The number of phenolic OH excluding ortho intramolecular Hbond substituents is 1. The van der Waals surface area contributed by atoms with Crippen LogP contribution in [0.3, 0.4) is 0 Å². The molecule has 2 aliphatic heterocycles. The maximum absolute atomic E-state index is 12.3. The zero-order valence-corrected chi connectivity index (χ0v) is 25.1. The van der Waals surface area contributed by atoms with Crippen LogP contribution in [0.25, 0.3) is 0 Å². The average Bonchev–Trinajstić information content (AvgIpc) is 3.65. The van der Waals surface area contributed by atoms with Crippen LogP contribution in [0.2, 0.25) is 0 Å². The third kappa shape index (κ3) is 2.59. The summed E-state index contributed by atoms with van der Waals surface area (Å²) in [5, 5.41) is 23.7. The van der Waals surface area contributed by atoms with Crippen LogP contribution in [-0.2, 0) is 16.6 Å². The minimum Gasteiger partial charge on any atom is -0.503 e. The second-order valence-electron chi connectivity index (χ2n) is 13.7. The highest BCUT2D eigenvalue weighted by atomic mass is 79.9. The number of nitrogens with zero attached hydrogens (tertiary/aromatic N) is 1. The van der Waals surface area contributed by atoms with Gasteiger partial charge in [-0.3, -0.25) is 4.90 Å². The first-order valence-corrected chi connectivity index (χ1v) is 15.1. The van der Waals surface area contributed by atoms with E-state index >= 15 is 0 Å². The quantitative estimate of drug-likeness (QED) is 0.433. The molecule has 0 unspecified atom stereocenters. The first-order chi connectivity index (χ1) is 17.6. The molecule has 2 heterocycles. The van der Waals surface area contributed by atoms with E-state index in [2.05, 4.69) is 57.5 Å². The SMILES string of the molecule is [2H]C([2H])(C1CC1)N1CC[C@]23c4c5c(Br)c(Br)c(O)c4O[C@H]2[C@@]2(OC)CC[C@@]3(C[C@@H]2[C@](C)(O)C(C)(C)C)[C@H]1C5. The summed E-state index contributed by atoms with van der Waals surface area (Å²) in [4.78, 5) is 2.20. The Balaban J connectivity index is 1.52. The van der Waals surface area contributed by atoms with Gasteiger partial charge in [0.15, 0.2) is 11.5 Å². The summed E-state index contributed by atoms with van der Waals surface area (Å²) in [5.74, 6) is 0.551. The summed E-state index contributed by atoms with van der Waals surface area (Å²) in [6.45, 7) is 7.52. The van der Waals surface area contributed by atoms with E-state index in [0.29, 0.717) is 23.2 Å². The van der Waals surface area contributed by atoms with Crippen LogP contribution in [0.1, 0.15) is 80.1 Å². The van der Waals surface area contributed by atoms with Crippen LogP contribution >= 0.6 is 31.9 Å². The van der Waals surface area contributed by atoms with Gasteiger partial charge >= 0.3 is 0 Å². The third-order valence-electron chi connectivity index (χ3n) is 11.7. The summed E-state index contributed by atoms with van der Waals surface area (Å²) in [6, 6.07) is -0.0300. The minimum atomic E-state index is -1.37. The molecule has 5 aliphatic carbocycles. The molecule has 1 aromatic carbocycles. The van der Waals surface area contributed by atoms with E-state index in [1.54, 1.807) is 7.11 Å². The van der Waals surface area contributed by atoms with Crippen LogP contribution in [0.5, 0.6) is 11.5 Å². The standard InChI is InChI=1S/C29H39Br2NO4/c1-25(2,3)26(4,34)17-13-27-8-9-29(17,35-5)24-28(27)10-11-32(14-15-6-7-15)18(27)12-16-19(28)23(36-24)22(33)21(31)20(16)30/h15,17-18,24,33-34H,6-14H2,1-5H3/t17-,18-,24-,26+,27-,28+,29-/m1/s1/i14D2. The van der Waals surface area contributed by atoms with Crippen LogP contribution in [0, 0.1) is 22.7 Å². The topological polar surface area (TPSA) is 62.2 Å². The molecule has 7 aliphatic rings. The molecule has 198 valence electrons. The molecule has 36 heavy (non-hydrogen) atoms. The Kier molecular flexibility index (Phi) is 4.52. The predicted molar refractivity (Wildman–Crippen MR) is 146 cm³/mol. The normalized spacial score (nSPS) is 43.4. The summed E-state index contributed by atoms with van der Waals surface area (Å²) in [6.07, 6.45) is 5.36. The number of ether oxygens (including phenoxy) is 2. The Morgan fingerprint density at radius 2 is 1.89 bits per heavy atom. The monoisotopic (exact) mass is 625 g/mol. The van der Waals surface area contributed by atoms with Gasteiger partial charge in [0.05, 0.1) is 10.1 Å². The van der Waals surface area contributed by atoms with E-state index in [0.717, 1.165) is 54.1 Å². The molecule has 4 saturated carbocycles. The molecule has 0 aromatic heterocycles. The maximum Gasteiger partial charge on any atom is 0.173 e. The number of piperidine rings is 1. The smallest absolute Gasteiger partial charge is 0.173 e. The Bertz CT molecular complexity index is 1250. The van der Waals surface area contributed by atoms with Crippen LogP contribution in [0.15, 0.2) is 8.95 Å². The van der Waals surface area contributed by atoms with E-state index in [4.69, 9.17) is 9.47 Å². The van der Waals surface area contributed by atoms with Crippen LogP contribution in [0.4, 0.5) is 0 Å². The number of rotatable bonds is 4. The van der Waals surface area contributed by atoms with E-state index in [1.807, 2.05) is 6.92 Å². The van der Waals surface area contributed by atoms with Gasteiger partial charge in [-0.25, -0.2) is 0 Å². The number of hydrogen-bond donors (Lipinski definition) is 2. The second kappa shape index (κ2) is 7.24. The van der Waals surface area contributed by atoms with E-state index in [-0.39, 0.29) is 35.1 Å². The number of fused-ring (bicyclic) bond motifs is 2. The van der Waals surface area contributed by atoms with Crippen molar-refractivity contribution in [1.29, 1.82) is 0 Å². The highest BCUT2D eigenvalue weighted by molar-refractivity contribution is 9.13. The van der Waals surface area contributed by atoms with Crippen molar-refractivity contribution in [1.82, 2.24) is 4.90 Å². The number of phenols is 1. The molecule has 0 amide bonds. The molecule has 0 radical (unpaired) electrons. The lowest BCUT2D eigenvalue weighted by molar-refractivity contribution is -0.312. The van der Waals surface area contributed by atoms with Crippen molar-refractivity contribution in [3.63, 3.8) is 0 Å². The molecule has 7 heteroatoms. The van der Waals surface area contributed by atoms with Crippen molar-refractivity contribution in [2.45, 2.75) is 101 Å². The minimum absolute atomic E-state index is 0.0300. The lowest BCUT2D eigenvalue weighted by Gasteiger charge is -2.75. The van der Waals surface area contributed by atoms with E-state index in [9.17, 15) is 13.0 Å². The molecule has 5 fully saturated rings. The maximum atomic E-state index is 12.3. The number of benzene rings is 1. The lowest BCUT2D eigenvalue weighted by Crippen LogP contribution is -2.83. The Morgan fingerprint density at radius 1 is 1.17 bits per heavy atom.